The number of nitrogens with zero attached hydrogens (tertiary/aromatic N) is 2. The minimum atomic E-state index is -1.50. The van der Waals surface area contributed by atoms with Gasteiger partial charge >= 0.3 is 0 Å². The van der Waals surface area contributed by atoms with Gasteiger partial charge in [-0.05, 0) is 12.1 Å². The molecule has 17 heavy (non-hydrogen) atoms. The SMILES string of the molecule is N#CCc1csc(-c2cc(F)c(F)c(F)c2)n1. The Morgan fingerprint density at radius 1 is 1.24 bits per heavy atom. The number of halogens is 3. The van der Waals surface area contributed by atoms with E-state index in [0.29, 0.717) is 10.7 Å². The van der Waals surface area contributed by atoms with E-state index >= 15 is 0 Å². The zero-order chi connectivity index (χ0) is 12.4. The molecule has 0 bridgehead atoms. The molecule has 2 aromatic rings. The second kappa shape index (κ2) is 4.55. The molecule has 0 radical (unpaired) electrons. The van der Waals surface area contributed by atoms with Crippen LogP contribution in [0, 0.1) is 28.8 Å². The number of thiazole rings is 1. The van der Waals surface area contributed by atoms with Crippen LogP contribution >= 0.6 is 11.3 Å². The van der Waals surface area contributed by atoms with Gasteiger partial charge in [-0.15, -0.1) is 11.3 Å². The Morgan fingerprint density at radius 2 is 1.88 bits per heavy atom. The van der Waals surface area contributed by atoms with Gasteiger partial charge in [0.05, 0.1) is 18.2 Å². The summed E-state index contributed by atoms with van der Waals surface area (Å²) in [5, 5.41) is 10.4. The van der Waals surface area contributed by atoms with E-state index in [1.54, 1.807) is 5.38 Å². The Hall–Kier alpha value is -1.87. The fourth-order valence-corrected chi connectivity index (χ4v) is 2.09. The highest BCUT2D eigenvalue weighted by Crippen LogP contribution is 2.26. The molecule has 0 unspecified atom stereocenters. The third-order valence-corrected chi connectivity index (χ3v) is 2.98. The third-order valence-electron chi connectivity index (χ3n) is 2.04. The summed E-state index contributed by atoms with van der Waals surface area (Å²) in [6.07, 6.45) is 0.128. The molecule has 0 saturated heterocycles. The molecule has 0 spiro atoms. The first-order valence-electron chi connectivity index (χ1n) is 4.58. The van der Waals surface area contributed by atoms with Crippen LogP contribution in [0.25, 0.3) is 10.6 Å². The fourth-order valence-electron chi connectivity index (χ4n) is 1.28. The van der Waals surface area contributed by atoms with E-state index in [4.69, 9.17) is 5.26 Å². The maximum atomic E-state index is 13.0. The van der Waals surface area contributed by atoms with Gasteiger partial charge in [0.2, 0.25) is 0 Å². The van der Waals surface area contributed by atoms with Crippen LogP contribution < -0.4 is 0 Å². The summed E-state index contributed by atoms with van der Waals surface area (Å²) in [5.41, 5.74) is 0.688. The second-order valence-electron chi connectivity index (χ2n) is 3.23. The van der Waals surface area contributed by atoms with Gasteiger partial charge in [-0.1, -0.05) is 0 Å². The van der Waals surface area contributed by atoms with Crippen LogP contribution in [-0.4, -0.2) is 4.98 Å². The van der Waals surface area contributed by atoms with E-state index in [0.717, 1.165) is 23.5 Å². The Labute approximate surface area is 99.0 Å². The Balaban J connectivity index is 2.43. The normalized spacial score (nSPS) is 10.2. The van der Waals surface area contributed by atoms with Gasteiger partial charge < -0.3 is 0 Å². The van der Waals surface area contributed by atoms with Crippen molar-refractivity contribution in [3.8, 4) is 16.6 Å². The highest BCUT2D eigenvalue weighted by molar-refractivity contribution is 7.13. The maximum absolute atomic E-state index is 13.0. The smallest absolute Gasteiger partial charge is 0.194 e. The fraction of sp³-hybridized carbons (Fsp3) is 0.0909. The van der Waals surface area contributed by atoms with E-state index in [-0.39, 0.29) is 12.0 Å². The van der Waals surface area contributed by atoms with Crippen LogP contribution in [0.3, 0.4) is 0 Å². The van der Waals surface area contributed by atoms with Crippen LogP contribution in [-0.2, 0) is 6.42 Å². The summed E-state index contributed by atoms with van der Waals surface area (Å²) in [6.45, 7) is 0. The molecule has 86 valence electrons. The van der Waals surface area contributed by atoms with E-state index in [9.17, 15) is 13.2 Å². The molecule has 0 saturated carbocycles. The van der Waals surface area contributed by atoms with E-state index in [1.165, 1.54) is 0 Å². The lowest BCUT2D eigenvalue weighted by molar-refractivity contribution is 0.447. The zero-order valence-corrected chi connectivity index (χ0v) is 9.19. The topological polar surface area (TPSA) is 36.7 Å². The summed E-state index contributed by atoms with van der Waals surface area (Å²) in [4.78, 5) is 4.02. The Kier molecular flexibility index (Phi) is 3.11. The predicted octanol–water partition coefficient (Wildman–Crippen LogP) is 3.29. The van der Waals surface area contributed by atoms with Crippen molar-refractivity contribution in [1.82, 2.24) is 4.98 Å². The lowest BCUT2D eigenvalue weighted by Crippen LogP contribution is -1.91. The van der Waals surface area contributed by atoms with Crippen molar-refractivity contribution in [2.24, 2.45) is 0 Å². The van der Waals surface area contributed by atoms with Crippen LogP contribution in [0.5, 0.6) is 0 Å². The van der Waals surface area contributed by atoms with Crippen molar-refractivity contribution >= 4 is 11.3 Å². The molecule has 1 aromatic heterocycles. The van der Waals surface area contributed by atoms with Crippen molar-refractivity contribution in [2.45, 2.75) is 6.42 Å². The van der Waals surface area contributed by atoms with Crippen molar-refractivity contribution in [2.75, 3.05) is 0 Å². The minimum absolute atomic E-state index is 0.128. The molecule has 6 heteroatoms. The van der Waals surface area contributed by atoms with Gasteiger partial charge in [0.1, 0.15) is 5.01 Å². The van der Waals surface area contributed by atoms with Crippen molar-refractivity contribution in [3.63, 3.8) is 0 Å². The first kappa shape index (κ1) is 11.6. The van der Waals surface area contributed by atoms with Crippen molar-refractivity contribution < 1.29 is 13.2 Å². The number of rotatable bonds is 2. The zero-order valence-electron chi connectivity index (χ0n) is 8.38. The van der Waals surface area contributed by atoms with Crippen molar-refractivity contribution in [1.29, 1.82) is 5.26 Å². The van der Waals surface area contributed by atoms with Gasteiger partial charge in [-0.25, -0.2) is 18.2 Å². The van der Waals surface area contributed by atoms with E-state index in [1.807, 2.05) is 6.07 Å². The highest BCUT2D eigenvalue weighted by Gasteiger charge is 2.13. The van der Waals surface area contributed by atoms with Crippen LogP contribution in [0.4, 0.5) is 13.2 Å². The van der Waals surface area contributed by atoms with Gasteiger partial charge in [0.15, 0.2) is 17.5 Å². The molecule has 1 heterocycles. The lowest BCUT2D eigenvalue weighted by atomic mass is 10.2. The molecule has 0 aliphatic heterocycles. The van der Waals surface area contributed by atoms with Gasteiger partial charge in [-0.3, -0.25) is 0 Å². The molecule has 0 N–H and O–H groups in total. The average molecular weight is 254 g/mol. The molecular weight excluding hydrogens is 249 g/mol. The molecule has 0 fully saturated rings. The van der Waals surface area contributed by atoms with Gasteiger partial charge in [0, 0.05) is 10.9 Å². The largest absolute Gasteiger partial charge is 0.240 e. The molecule has 0 aliphatic rings. The number of nitriles is 1. The molecule has 0 amide bonds. The quantitative estimate of drug-likeness (QED) is 0.771. The van der Waals surface area contributed by atoms with Crippen molar-refractivity contribution in [3.05, 3.63) is 40.7 Å². The van der Waals surface area contributed by atoms with Gasteiger partial charge in [0.25, 0.3) is 0 Å². The Morgan fingerprint density at radius 3 is 2.47 bits per heavy atom. The predicted molar refractivity (Wildman–Crippen MR) is 56.7 cm³/mol. The van der Waals surface area contributed by atoms with E-state index < -0.39 is 17.5 Å². The second-order valence-corrected chi connectivity index (χ2v) is 4.09. The third kappa shape index (κ3) is 2.29. The molecule has 2 nitrogen and oxygen atoms in total. The first-order chi connectivity index (χ1) is 8.11. The summed E-state index contributed by atoms with van der Waals surface area (Å²) in [6, 6.07) is 3.68. The lowest BCUT2D eigenvalue weighted by Gasteiger charge is -1.99. The molecule has 1 aromatic carbocycles. The number of benzene rings is 1. The summed E-state index contributed by atoms with van der Waals surface area (Å²) in [7, 11) is 0. The number of aromatic nitrogens is 1. The summed E-state index contributed by atoms with van der Waals surface area (Å²) < 4.78 is 38.7. The molecule has 0 aliphatic carbocycles. The van der Waals surface area contributed by atoms with Crippen LogP contribution in [0.1, 0.15) is 5.69 Å². The maximum Gasteiger partial charge on any atom is 0.194 e. The minimum Gasteiger partial charge on any atom is -0.240 e. The average Bonchev–Trinajstić information content (AvgIpc) is 2.74. The van der Waals surface area contributed by atoms with Crippen LogP contribution in [0.15, 0.2) is 17.5 Å². The molecular formula is C11H5F3N2S. The highest BCUT2D eigenvalue weighted by atomic mass is 32.1. The summed E-state index contributed by atoms with van der Waals surface area (Å²) in [5.74, 6) is -4.00. The monoisotopic (exact) mass is 254 g/mol. The van der Waals surface area contributed by atoms with Crippen LogP contribution in [0.2, 0.25) is 0 Å². The molecule has 2 rings (SSSR count). The number of hydrogen-bond acceptors (Lipinski definition) is 3. The standard InChI is InChI=1S/C11H5F3N2S/c12-8-3-6(4-9(13)10(8)14)11-16-7(1-2-15)5-17-11/h3-5H,1H2. The van der Waals surface area contributed by atoms with Gasteiger partial charge in [-0.2, -0.15) is 5.26 Å². The first-order valence-corrected chi connectivity index (χ1v) is 5.46. The number of hydrogen-bond donors (Lipinski definition) is 0. The summed E-state index contributed by atoms with van der Waals surface area (Å²) >= 11 is 1.15. The Bertz CT molecular complexity index is 578. The molecule has 0 atom stereocenters. The van der Waals surface area contributed by atoms with E-state index in [2.05, 4.69) is 4.98 Å².